The maximum atomic E-state index is 11.2. The summed E-state index contributed by atoms with van der Waals surface area (Å²) in [7, 11) is 3.11. The number of ether oxygens (including phenoxy) is 2. The molecule has 0 bridgehead atoms. The number of amides is 1. The third-order valence-corrected chi connectivity index (χ3v) is 1.53. The van der Waals surface area contributed by atoms with Gasteiger partial charge in [0.05, 0.1) is 19.3 Å². The van der Waals surface area contributed by atoms with Gasteiger partial charge in [-0.25, -0.2) is 5.48 Å². The van der Waals surface area contributed by atoms with Crippen molar-refractivity contribution in [1.82, 2.24) is 5.48 Å². The molecule has 0 aliphatic carbocycles. The number of hydrogen-bond donors (Lipinski definition) is 2. The first kappa shape index (κ1) is 13.3. The predicted octanol–water partition coefficient (Wildman–Crippen LogP) is -0.956. The molecule has 0 aliphatic heterocycles. The molecule has 1 amide bonds. The van der Waals surface area contributed by atoms with E-state index in [0.717, 1.165) is 0 Å². The maximum Gasteiger partial charge on any atom is 0.260 e. The first-order valence-corrected chi connectivity index (χ1v) is 4.37. The highest BCUT2D eigenvalue weighted by Gasteiger charge is 2.12. The van der Waals surface area contributed by atoms with Crippen LogP contribution in [0.2, 0.25) is 0 Å². The monoisotopic (exact) mass is 206 g/mol. The number of hydrogen-bond acceptors (Lipinski definition) is 5. The van der Waals surface area contributed by atoms with Crippen LogP contribution in [0.4, 0.5) is 0 Å². The molecule has 0 aromatic heterocycles. The molecule has 6 heteroatoms. The topological polar surface area (TPSA) is 82.8 Å². The van der Waals surface area contributed by atoms with E-state index in [1.54, 1.807) is 14.2 Å². The molecule has 1 unspecified atom stereocenters. The highest BCUT2D eigenvalue weighted by molar-refractivity contribution is 5.80. The summed E-state index contributed by atoms with van der Waals surface area (Å²) in [5.74, 6) is -0.349. The third kappa shape index (κ3) is 6.79. The van der Waals surface area contributed by atoms with Crippen LogP contribution >= 0.6 is 0 Å². The summed E-state index contributed by atoms with van der Waals surface area (Å²) in [5.41, 5.74) is 7.74. The number of carbonyl (C=O) groups is 1. The van der Waals surface area contributed by atoms with Gasteiger partial charge in [0, 0.05) is 20.8 Å². The van der Waals surface area contributed by atoms with Crippen molar-refractivity contribution in [2.75, 3.05) is 34.0 Å². The molecule has 0 saturated carbocycles. The summed E-state index contributed by atoms with van der Waals surface area (Å²) >= 11 is 0. The Kier molecular flexibility index (Phi) is 8.45. The number of nitrogens with one attached hydrogen (secondary N) is 1. The molecule has 0 aromatic carbocycles. The molecule has 0 aliphatic rings. The van der Waals surface area contributed by atoms with Gasteiger partial charge in [0.25, 0.3) is 5.91 Å². The summed E-state index contributed by atoms with van der Waals surface area (Å²) in [4.78, 5) is 15.9. The molecule has 0 radical (unpaired) electrons. The molecule has 1 atom stereocenters. The van der Waals surface area contributed by atoms with E-state index in [2.05, 4.69) is 5.48 Å². The first-order chi connectivity index (χ1) is 6.72. The van der Waals surface area contributed by atoms with E-state index in [4.69, 9.17) is 20.0 Å². The summed E-state index contributed by atoms with van der Waals surface area (Å²) in [5, 5.41) is 0. The van der Waals surface area contributed by atoms with Crippen molar-refractivity contribution in [2.45, 2.75) is 12.5 Å². The second-order valence-electron chi connectivity index (χ2n) is 2.70. The largest absolute Gasteiger partial charge is 0.385 e. The fourth-order valence-electron chi connectivity index (χ4n) is 0.699. The van der Waals surface area contributed by atoms with E-state index in [1.165, 1.54) is 0 Å². The smallest absolute Gasteiger partial charge is 0.260 e. The molecule has 84 valence electrons. The van der Waals surface area contributed by atoms with Gasteiger partial charge in [-0.05, 0) is 6.42 Å². The lowest BCUT2D eigenvalue weighted by Crippen LogP contribution is -2.41. The van der Waals surface area contributed by atoms with Gasteiger partial charge in [0.2, 0.25) is 0 Å². The third-order valence-electron chi connectivity index (χ3n) is 1.53. The van der Waals surface area contributed by atoms with Crippen molar-refractivity contribution in [3.63, 3.8) is 0 Å². The number of rotatable bonds is 8. The highest BCUT2D eigenvalue weighted by Crippen LogP contribution is 1.88. The minimum atomic E-state index is -0.600. The van der Waals surface area contributed by atoms with Gasteiger partial charge in [-0.3, -0.25) is 9.63 Å². The standard InChI is InChI=1S/C8H18N2O4/c1-12-4-3-7(9)8(11)10-14-6-5-13-2/h7H,3-6,9H2,1-2H3,(H,10,11). The molecule has 0 aromatic rings. The van der Waals surface area contributed by atoms with E-state index >= 15 is 0 Å². The molecule has 0 heterocycles. The Labute approximate surface area is 83.6 Å². The Morgan fingerprint density at radius 2 is 1.93 bits per heavy atom. The second-order valence-corrected chi connectivity index (χ2v) is 2.70. The van der Waals surface area contributed by atoms with E-state index in [1.807, 2.05) is 0 Å². The highest BCUT2D eigenvalue weighted by atomic mass is 16.7. The van der Waals surface area contributed by atoms with Crippen LogP contribution in [-0.4, -0.2) is 46.0 Å². The van der Waals surface area contributed by atoms with Crippen LogP contribution in [0.15, 0.2) is 0 Å². The van der Waals surface area contributed by atoms with E-state index < -0.39 is 6.04 Å². The van der Waals surface area contributed by atoms with Gasteiger partial charge >= 0.3 is 0 Å². The van der Waals surface area contributed by atoms with Gasteiger partial charge < -0.3 is 15.2 Å². The van der Waals surface area contributed by atoms with E-state index in [9.17, 15) is 4.79 Å². The van der Waals surface area contributed by atoms with Crippen molar-refractivity contribution in [1.29, 1.82) is 0 Å². The lowest BCUT2D eigenvalue weighted by atomic mass is 10.2. The molecular weight excluding hydrogens is 188 g/mol. The number of carbonyl (C=O) groups excluding carboxylic acids is 1. The van der Waals surface area contributed by atoms with Crippen LogP contribution in [-0.2, 0) is 19.1 Å². The summed E-state index contributed by atoms with van der Waals surface area (Å²) < 4.78 is 9.51. The van der Waals surface area contributed by atoms with Crippen molar-refractivity contribution in [3.8, 4) is 0 Å². The zero-order chi connectivity index (χ0) is 10.8. The first-order valence-electron chi connectivity index (χ1n) is 4.37. The van der Waals surface area contributed by atoms with Gasteiger partial charge in [-0.2, -0.15) is 0 Å². The number of hydroxylamine groups is 1. The lowest BCUT2D eigenvalue weighted by Gasteiger charge is -2.11. The zero-order valence-corrected chi connectivity index (χ0v) is 8.62. The SMILES string of the molecule is COCCONC(=O)C(N)CCOC. The van der Waals surface area contributed by atoms with Crippen LogP contribution in [0.1, 0.15) is 6.42 Å². The van der Waals surface area contributed by atoms with Crippen molar-refractivity contribution >= 4 is 5.91 Å². The normalized spacial score (nSPS) is 12.5. The molecule has 0 saturated heterocycles. The van der Waals surface area contributed by atoms with Gasteiger partial charge in [-0.15, -0.1) is 0 Å². The van der Waals surface area contributed by atoms with Crippen molar-refractivity contribution in [2.24, 2.45) is 5.73 Å². The van der Waals surface area contributed by atoms with Gasteiger partial charge in [-0.1, -0.05) is 0 Å². The fourth-order valence-corrected chi connectivity index (χ4v) is 0.699. The van der Waals surface area contributed by atoms with Crippen molar-refractivity contribution < 1.29 is 19.1 Å². The molecule has 14 heavy (non-hydrogen) atoms. The van der Waals surface area contributed by atoms with Gasteiger partial charge in [0.1, 0.15) is 0 Å². The van der Waals surface area contributed by atoms with Crippen LogP contribution < -0.4 is 11.2 Å². The Balaban J connectivity index is 3.42. The molecular formula is C8H18N2O4. The molecule has 0 spiro atoms. The summed E-state index contributed by atoms with van der Waals surface area (Å²) in [6.07, 6.45) is 0.468. The van der Waals surface area contributed by atoms with Gasteiger partial charge in [0.15, 0.2) is 0 Å². The fraction of sp³-hybridized carbons (Fsp3) is 0.875. The van der Waals surface area contributed by atoms with Crippen LogP contribution in [0.5, 0.6) is 0 Å². The van der Waals surface area contributed by atoms with Crippen LogP contribution in [0, 0.1) is 0 Å². The Hall–Kier alpha value is -0.690. The lowest BCUT2D eigenvalue weighted by molar-refractivity contribution is -0.136. The van der Waals surface area contributed by atoms with Crippen LogP contribution in [0.25, 0.3) is 0 Å². The van der Waals surface area contributed by atoms with E-state index in [0.29, 0.717) is 26.2 Å². The van der Waals surface area contributed by atoms with E-state index in [-0.39, 0.29) is 5.91 Å². The molecule has 0 fully saturated rings. The number of methoxy groups -OCH3 is 2. The molecule has 0 rings (SSSR count). The predicted molar refractivity (Wildman–Crippen MR) is 50.4 cm³/mol. The summed E-state index contributed by atoms with van der Waals surface area (Å²) in [6, 6.07) is -0.600. The quantitative estimate of drug-likeness (QED) is 0.395. The minimum Gasteiger partial charge on any atom is -0.385 e. The summed E-state index contributed by atoms with van der Waals surface area (Å²) in [6.45, 7) is 1.18. The zero-order valence-electron chi connectivity index (χ0n) is 8.62. The average molecular weight is 206 g/mol. The second kappa shape index (κ2) is 8.89. The molecule has 3 N–H and O–H groups in total. The van der Waals surface area contributed by atoms with Crippen molar-refractivity contribution in [3.05, 3.63) is 0 Å². The Bertz CT molecular complexity index is 154. The Morgan fingerprint density at radius 1 is 1.29 bits per heavy atom. The van der Waals surface area contributed by atoms with Crippen LogP contribution in [0.3, 0.4) is 0 Å². The molecule has 6 nitrogen and oxygen atoms in total. The number of nitrogens with two attached hydrogens (primary N) is 1. The maximum absolute atomic E-state index is 11.2. The Morgan fingerprint density at radius 3 is 2.50 bits per heavy atom. The average Bonchev–Trinajstić information content (AvgIpc) is 2.20. The minimum absolute atomic E-state index is 0.305.